The number of fused-ring (bicyclic) bond motifs is 1. The lowest BCUT2D eigenvalue weighted by Gasteiger charge is -2.28. The van der Waals surface area contributed by atoms with Crippen LogP contribution < -0.4 is 10.2 Å². The number of benzene rings is 1. The van der Waals surface area contributed by atoms with Crippen molar-refractivity contribution in [1.29, 1.82) is 0 Å². The van der Waals surface area contributed by atoms with E-state index in [1.54, 1.807) is 19.1 Å². The average molecular weight is 451 g/mol. The Labute approximate surface area is 186 Å². The molecule has 0 radical (unpaired) electrons. The largest absolute Gasteiger partial charge is 0.480 e. The highest BCUT2D eigenvalue weighted by molar-refractivity contribution is 7.99. The molecule has 2 N–H and O–H groups in total. The van der Waals surface area contributed by atoms with Crippen molar-refractivity contribution < 1.29 is 29.0 Å². The Hall–Kier alpha value is -2.10. The minimum atomic E-state index is -1.09. The minimum Gasteiger partial charge on any atom is -0.480 e. The van der Waals surface area contributed by atoms with Gasteiger partial charge in [-0.1, -0.05) is 12.1 Å². The highest BCUT2D eigenvalue weighted by Gasteiger charge is 2.35. The van der Waals surface area contributed by atoms with E-state index in [2.05, 4.69) is 5.32 Å². The number of carboxylic acid groups (broad SMARTS) is 1. The van der Waals surface area contributed by atoms with Crippen LogP contribution in [0, 0.1) is 5.92 Å². The summed E-state index contributed by atoms with van der Waals surface area (Å²) in [4.78, 5) is 39.5. The molecule has 0 spiro atoms. The number of carbonyl (C=O) groups excluding carboxylic acids is 2. The Kier molecular flexibility index (Phi) is 8.74. The predicted molar refractivity (Wildman–Crippen MR) is 117 cm³/mol. The van der Waals surface area contributed by atoms with Crippen molar-refractivity contribution in [1.82, 2.24) is 5.32 Å². The number of carbonyl (C=O) groups is 3. The zero-order chi connectivity index (χ0) is 22.2. The molecular formula is C22H30N2O6S. The molecule has 1 saturated heterocycles. The van der Waals surface area contributed by atoms with Crippen molar-refractivity contribution >= 4 is 35.3 Å². The quantitative estimate of drug-likeness (QED) is 0.552. The molecule has 0 saturated carbocycles. The van der Waals surface area contributed by atoms with Gasteiger partial charge in [0.15, 0.2) is 0 Å². The maximum absolute atomic E-state index is 13.3. The van der Waals surface area contributed by atoms with Crippen LogP contribution in [0.15, 0.2) is 29.2 Å². The molecule has 31 heavy (non-hydrogen) atoms. The van der Waals surface area contributed by atoms with Crippen molar-refractivity contribution in [3.05, 3.63) is 24.3 Å². The Morgan fingerprint density at radius 3 is 2.77 bits per heavy atom. The number of thioether (sulfide) groups is 1. The molecule has 2 atom stereocenters. The van der Waals surface area contributed by atoms with Crippen molar-refractivity contribution in [2.24, 2.45) is 5.92 Å². The van der Waals surface area contributed by atoms with Gasteiger partial charge >= 0.3 is 11.9 Å². The first kappa shape index (κ1) is 23.6. The summed E-state index contributed by atoms with van der Waals surface area (Å²) in [6.07, 6.45) is 3.34. The fraction of sp³-hybridized carbons (Fsp3) is 0.591. The molecular weight excluding hydrogens is 420 g/mol. The van der Waals surface area contributed by atoms with Crippen LogP contribution in [-0.4, -0.2) is 67.2 Å². The maximum atomic E-state index is 13.3. The molecule has 0 aromatic heterocycles. The number of nitrogens with one attached hydrogen (secondary N) is 1. The number of hydrogen-bond acceptors (Lipinski definition) is 7. The van der Waals surface area contributed by atoms with Crippen LogP contribution in [-0.2, 0) is 23.9 Å². The minimum absolute atomic E-state index is 0.262. The smallest absolute Gasteiger partial charge is 0.323 e. The predicted octanol–water partition coefficient (Wildman–Crippen LogP) is 2.31. The van der Waals surface area contributed by atoms with Gasteiger partial charge in [-0.25, -0.2) is 0 Å². The molecule has 0 aliphatic carbocycles. The number of carboxylic acids is 1. The summed E-state index contributed by atoms with van der Waals surface area (Å²) < 4.78 is 10.7. The topological polar surface area (TPSA) is 105 Å². The van der Waals surface area contributed by atoms with Crippen LogP contribution in [0.3, 0.4) is 0 Å². The number of ether oxygens (including phenoxy) is 2. The van der Waals surface area contributed by atoms with E-state index in [9.17, 15) is 19.5 Å². The molecule has 2 aliphatic rings. The molecule has 1 aromatic carbocycles. The second kappa shape index (κ2) is 11.5. The third-order valence-corrected chi connectivity index (χ3v) is 6.75. The Balaban J connectivity index is 1.74. The van der Waals surface area contributed by atoms with Gasteiger partial charge in [0.2, 0.25) is 5.91 Å². The molecule has 8 nitrogen and oxygen atoms in total. The molecule has 170 valence electrons. The Morgan fingerprint density at radius 1 is 1.32 bits per heavy atom. The fourth-order valence-electron chi connectivity index (χ4n) is 3.96. The van der Waals surface area contributed by atoms with Gasteiger partial charge in [0.1, 0.15) is 12.6 Å². The summed E-state index contributed by atoms with van der Waals surface area (Å²) in [5.74, 6) is -0.923. The van der Waals surface area contributed by atoms with Crippen LogP contribution in [0.25, 0.3) is 0 Å². The first-order chi connectivity index (χ1) is 15.0. The van der Waals surface area contributed by atoms with Gasteiger partial charge in [-0.3, -0.25) is 24.6 Å². The Morgan fingerprint density at radius 2 is 2.06 bits per heavy atom. The molecule has 3 rings (SSSR count). The van der Waals surface area contributed by atoms with Crippen LogP contribution in [0.1, 0.15) is 32.6 Å². The third-order valence-electron chi connectivity index (χ3n) is 5.60. The van der Waals surface area contributed by atoms with E-state index in [1.807, 2.05) is 12.1 Å². The van der Waals surface area contributed by atoms with Crippen molar-refractivity contribution in [2.75, 3.05) is 37.0 Å². The van der Waals surface area contributed by atoms with Crippen molar-refractivity contribution in [3.8, 4) is 0 Å². The summed E-state index contributed by atoms with van der Waals surface area (Å²) in [6.45, 7) is 3.06. The number of anilines is 1. The van der Waals surface area contributed by atoms with Gasteiger partial charge < -0.3 is 14.6 Å². The van der Waals surface area contributed by atoms with E-state index in [0.29, 0.717) is 23.8 Å². The second-order valence-corrected chi connectivity index (χ2v) is 8.82. The lowest BCUT2D eigenvalue weighted by molar-refractivity contribution is -0.146. The van der Waals surface area contributed by atoms with Gasteiger partial charge in [-0.15, -0.1) is 11.8 Å². The second-order valence-electron chi connectivity index (χ2n) is 7.75. The lowest BCUT2D eigenvalue weighted by Crippen LogP contribution is -2.54. The van der Waals surface area contributed by atoms with Crippen LogP contribution >= 0.6 is 11.8 Å². The van der Waals surface area contributed by atoms with E-state index < -0.39 is 24.6 Å². The summed E-state index contributed by atoms with van der Waals surface area (Å²) in [5, 5.41) is 12.5. The first-order valence-electron chi connectivity index (χ1n) is 10.7. The average Bonchev–Trinajstić information content (AvgIpc) is 2.89. The fourth-order valence-corrected chi connectivity index (χ4v) is 5.05. The standard InChI is InChI=1S/C22H30N2O6S/c1-2-30-22(28)16(8-7-15-9-11-29-12-10-15)23-17-14-31-19-6-4-3-5-18(19)24(21(17)27)13-20(25)26/h3-6,15-17,23H,2,7-14H2,1H3,(H,25,26)/t16-,17-/m0/s1. The number of esters is 1. The maximum Gasteiger partial charge on any atom is 0.323 e. The number of aliphatic carboxylic acids is 1. The first-order valence-corrected chi connectivity index (χ1v) is 11.7. The third kappa shape index (κ3) is 6.44. The molecule has 9 heteroatoms. The molecule has 1 amide bonds. The van der Waals surface area contributed by atoms with Gasteiger partial charge in [-0.05, 0) is 50.7 Å². The highest BCUT2D eigenvalue weighted by atomic mass is 32.2. The highest BCUT2D eigenvalue weighted by Crippen LogP contribution is 2.34. The van der Waals surface area contributed by atoms with Crippen LogP contribution in [0.5, 0.6) is 0 Å². The van der Waals surface area contributed by atoms with Gasteiger partial charge in [0.05, 0.1) is 18.3 Å². The van der Waals surface area contributed by atoms with E-state index in [-0.39, 0.29) is 18.5 Å². The summed E-state index contributed by atoms with van der Waals surface area (Å²) in [5.41, 5.74) is 0.582. The summed E-state index contributed by atoms with van der Waals surface area (Å²) >= 11 is 1.48. The summed E-state index contributed by atoms with van der Waals surface area (Å²) in [7, 11) is 0. The number of rotatable bonds is 9. The molecule has 1 fully saturated rings. The molecule has 0 bridgehead atoms. The SMILES string of the molecule is CCOC(=O)[C@H](CCC1CCOCC1)N[C@H]1CSc2ccccc2N(CC(=O)O)C1=O. The zero-order valence-corrected chi connectivity index (χ0v) is 18.6. The molecule has 2 aliphatic heterocycles. The molecule has 1 aromatic rings. The number of nitrogens with zero attached hydrogens (tertiary/aromatic N) is 1. The number of para-hydroxylation sites is 1. The zero-order valence-electron chi connectivity index (χ0n) is 17.7. The lowest BCUT2D eigenvalue weighted by atomic mass is 9.92. The van der Waals surface area contributed by atoms with Gasteiger partial charge in [0, 0.05) is 23.9 Å². The van der Waals surface area contributed by atoms with E-state index in [0.717, 1.165) is 37.4 Å². The van der Waals surface area contributed by atoms with Crippen molar-refractivity contribution in [2.45, 2.75) is 49.6 Å². The monoisotopic (exact) mass is 450 g/mol. The number of amides is 1. The number of hydrogen-bond donors (Lipinski definition) is 2. The van der Waals surface area contributed by atoms with Crippen molar-refractivity contribution in [3.63, 3.8) is 0 Å². The van der Waals surface area contributed by atoms with Crippen LogP contribution in [0.4, 0.5) is 5.69 Å². The van der Waals surface area contributed by atoms with E-state index in [4.69, 9.17) is 9.47 Å². The summed E-state index contributed by atoms with van der Waals surface area (Å²) in [6, 6.07) is 5.95. The van der Waals surface area contributed by atoms with E-state index in [1.165, 1.54) is 16.7 Å². The normalized spacial score (nSPS) is 20.6. The Bertz CT molecular complexity index is 783. The van der Waals surface area contributed by atoms with Gasteiger partial charge in [-0.2, -0.15) is 0 Å². The van der Waals surface area contributed by atoms with E-state index >= 15 is 0 Å². The molecule has 0 unspecified atom stereocenters. The van der Waals surface area contributed by atoms with Crippen LogP contribution in [0.2, 0.25) is 0 Å². The molecule has 2 heterocycles. The van der Waals surface area contributed by atoms with Gasteiger partial charge in [0.25, 0.3) is 0 Å².